The van der Waals surface area contributed by atoms with Crippen molar-refractivity contribution in [3.05, 3.63) is 57.4 Å². The van der Waals surface area contributed by atoms with E-state index in [4.69, 9.17) is 16.3 Å². The molecular formula is C20H22ClNO3. The van der Waals surface area contributed by atoms with Crippen LogP contribution in [0.2, 0.25) is 5.02 Å². The van der Waals surface area contributed by atoms with Gasteiger partial charge in [-0.3, -0.25) is 4.79 Å². The summed E-state index contributed by atoms with van der Waals surface area (Å²) in [5, 5.41) is 0.678. The van der Waals surface area contributed by atoms with E-state index in [1.54, 1.807) is 0 Å². The van der Waals surface area contributed by atoms with Crippen LogP contribution in [-0.4, -0.2) is 22.8 Å². The van der Waals surface area contributed by atoms with E-state index in [0.717, 1.165) is 17.7 Å². The Morgan fingerprint density at radius 2 is 2.00 bits per heavy atom. The Morgan fingerprint density at radius 1 is 1.32 bits per heavy atom. The molecule has 0 radical (unpaired) electrons. The van der Waals surface area contributed by atoms with E-state index in [1.165, 1.54) is 0 Å². The average molecular weight is 360 g/mol. The molecule has 0 aliphatic heterocycles. The van der Waals surface area contributed by atoms with Crippen LogP contribution in [0.25, 0.3) is 0 Å². The SMILES string of the molecule is CC[C@@H](C)OC(=O)c1[nH]c2c(c1C)C(=O)C[C@@H](c1ccc(Cl)cc1)C2. The highest BCUT2D eigenvalue weighted by atomic mass is 35.5. The second-order valence-corrected chi connectivity index (χ2v) is 7.12. The van der Waals surface area contributed by atoms with Gasteiger partial charge in [0, 0.05) is 22.7 Å². The fourth-order valence-corrected chi connectivity index (χ4v) is 3.46. The summed E-state index contributed by atoms with van der Waals surface area (Å²) < 4.78 is 5.41. The fraction of sp³-hybridized carbons (Fsp3) is 0.400. The van der Waals surface area contributed by atoms with Gasteiger partial charge in [-0.1, -0.05) is 30.7 Å². The topological polar surface area (TPSA) is 59.2 Å². The number of carbonyl (C=O) groups excluding carboxylic acids is 2. The molecule has 4 nitrogen and oxygen atoms in total. The Kier molecular flexibility index (Phi) is 5.00. The Balaban J connectivity index is 1.89. The van der Waals surface area contributed by atoms with E-state index in [0.29, 0.717) is 34.7 Å². The number of Topliss-reactive ketones (excluding diaryl/α,β-unsaturated/α-hetero) is 1. The third kappa shape index (κ3) is 3.49. The van der Waals surface area contributed by atoms with Gasteiger partial charge in [0.25, 0.3) is 0 Å². The highest BCUT2D eigenvalue weighted by molar-refractivity contribution is 6.30. The molecular weight excluding hydrogens is 338 g/mol. The van der Waals surface area contributed by atoms with Gasteiger partial charge < -0.3 is 9.72 Å². The van der Waals surface area contributed by atoms with Gasteiger partial charge in [-0.15, -0.1) is 0 Å². The standard InChI is InChI=1S/C20H22ClNO3/c1-4-11(2)25-20(24)19-12(3)18-16(22-19)9-14(10-17(18)23)13-5-7-15(21)8-6-13/h5-8,11,14,22H,4,9-10H2,1-3H3/t11-,14+/m1/s1. The molecule has 1 aromatic heterocycles. The number of rotatable bonds is 4. The molecule has 0 fully saturated rings. The van der Waals surface area contributed by atoms with Gasteiger partial charge in [0.1, 0.15) is 5.69 Å². The van der Waals surface area contributed by atoms with Crippen molar-refractivity contribution in [2.45, 2.75) is 52.1 Å². The Morgan fingerprint density at radius 3 is 2.64 bits per heavy atom. The molecule has 1 heterocycles. The van der Waals surface area contributed by atoms with Crippen molar-refractivity contribution in [2.75, 3.05) is 0 Å². The molecule has 1 aromatic carbocycles. The Labute approximate surface area is 152 Å². The van der Waals surface area contributed by atoms with Gasteiger partial charge >= 0.3 is 5.97 Å². The van der Waals surface area contributed by atoms with Crippen LogP contribution >= 0.6 is 11.6 Å². The van der Waals surface area contributed by atoms with Crippen molar-refractivity contribution in [2.24, 2.45) is 0 Å². The number of benzene rings is 1. The van der Waals surface area contributed by atoms with Crippen LogP contribution in [0.15, 0.2) is 24.3 Å². The summed E-state index contributed by atoms with van der Waals surface area (Å²) in [6.07, 6.45) is 1.74. The number of halogens is 1. The lowest BCUT2D eigenvalue weighted by atomic mass is 9.81. The van der Waals surface area contributed by atoms with Crippen molar-refractivity contribution >= 4 is 23.4 Å². The molecule has 1 aliphatic rings. The lowest BCUT2D eigenvalue weighted by Crippen LogP contribution is -2.18. The van der Waals surface area contributed by atoms with Gasteiger partial charge in [0.15, 0.2) is 5.78 Å². The number of aromatic nitrogens is 1. The summed E-state index contributed by atoms with van der Waals surface area (Å²) in [6, 6.07) is 7.59. The van der Waals surface area contributed by atoms with Crippen LogP contribution in [0, 0.1) is 6.92 Å². The van der Waals surface area contributed by atoms with Gasteiger partial charge in [-0.05, 0) is 55.9 Å². The van der Waals surface area contributed by atoms with E-state index in [-0.39, 0.29) is 17.8 Å². The minimum absolute atomic E-state index is 0.0672. The fourth-order valence-electron chi connectivity index (χ4n) is 3.33. The second kappa shape index (κ2) is 7.04. The average Bonchev–Trinajstić information content (AvgIpc) is 2.92. The Bertz CT molecular complexity index is 807. The molecule has 0 saturated carbocycles. The van der Waals surface area contributed by atoms with E-state index in [9.17, 15) is 9.59 Å². The maximum atomic E-state index is 12.7. The number of hydrogen-bond acceptors (Lipinski definition) is 3. The van der Waals surface area contributed by atoms with Gasteiger partial charge in [-0.2, -0.15) is 0 Å². The highest BCUT2D eigenvalue weighted by Crippen LogP contribution is 2.35. The molecule has 2 atom stereocenters. The van der Waals surface area contributed by atoms with E-state index >= 15 is 0 Å². The zero-order valence-electron chi connectivity index (χ0n) is 14.7. The summed E-state index contributed by atoms with van der Waals surface area (Å²) in [6.45, 7) is 5.63. The zero-order valence-corrected chi connectivity index (χ0v) is 15.4. The molecule has 0 amide bonds. The van der Waals surface area contributed by atoms with Crippen molar-refractivity contribution in [3.63, 3.8) is 0 Å². The number of hydrogen-bond donors (Lipinski definition) is 1. The second-order valence-electron chi connectivity index (χ2n) is 6.68. The van der Waals surface area contributed by atoms with Crippen LogP contribution < -0.4 is 0 Å². The number of carbonyl (C=O) groups is 2. The van der Waals surface area contributed by atoms with Crippen LogP contribution in [0.3, 0.4) is 0 Å². The molecule has 1 aliphatic carbocycles. The number of aromatic amines is 1. The molecule has 0 spiro atoms. The van der Waals surface area contributed by atoms with Crippen LogP contribution in [-0.2, 0) is 11.2 Å². The van der Waals surface area contributed by atoms with Crippen molar-refractivity contribution in [1.29, 1.82) is 0 Å². The first-order valence-electron chi connectivity index (χ1n) is 8.61. The molecule has 5 heteroatoms. The first-order chi connectivity index (χ1) is 11.9. The zero-order chi connectivity index (χ0) is 18.1. The maximum absolute atomic E-state index is 12.7. The predicted molar refractivity (Wildman–Crippen MR) is 97.5 cm³/mol. The van der Waals surface area contributed by atoms with E-state index in [2.05, 4.69) is 4.98 Å². The van der Waals surface area contributed by atoms with E-state index in [1.807, 2.05) is 45.0 Å². The highest BCUT2D eigenvalue weighted by Gasteiger charge is 2.32. The Hall–Kier alpha value is -2.07. The van der Waals surface area contributed by atoms with Crippen LogP contribution in [0.4, 0.5) is 0 Å². The normalized spacial score (nSPS) is 17.9. The van der Waals surface area contributed by atoms with Gasteiger partial charge in [0.05, 0.1) is 6.10 Å². The monoisotopic (exact) mass is 359 g/mol. The molecule has 2 aromatic rings. The lowest BCUT2D eigenvalue weighted by molar-refractivity contribution is 0.0327. The minimum Gasteiger partial charge on any atom is -0.458 e. The van der Waals surface area contributed by atoms with Gasteiger partial charge in [0.2, 0.25) is 0 Å². The summed E-state index contributed by atoms with van der Waals surface area (Å²) in [5.41, 5.74) is 3.66. The third-order valence-electron chi connectivity index (χ3n) is 4.92. The molecule has 0 saturated heterocycles. The first kappa shape index (κ1) is 17.7. The number of fused-ring (bicyclic) bond motifs is 1. The summed E-state index contributed by atoms with van der Waals surface area (Å²) in [7, 11) is 0. The number of nitrogens with one attached hydrogen (secondary N) is 1. The van der Waals surface area contributed by atoms with E-state index < -0.39 is 5.97 Å². The molecule has 0 unspecified atom stereocenters. The summed E-state index contributed by atoms with van der Waals surface area (Å²) >= 11 is 5.95. The van der Waals surface area contributed by atoms with Crippen molar-refractivity contribution < 1.29 is 14.3 Å². The quantitative estimate of drug-likeness (QED) is 0.794. The number of ether oxygens (including phenoxy) is 1. The van der Waals surface area contributed by atoms with Crippen molar-refractivity contribution in [1.82, 2.24) is 4.98 Å². The van der Waals surface area contributed by atoms with Crippen LogP contribution in [0.1, 0.15) is 70.3 Å². The molecule has 0 bridgehead atoms. The summed E-state index contributed by atoms with van der Waals surface area (Å²) in [5.74, 6) is -0.233. The van der Waals surface area contributed by atoms with Crippen molar-refractivity contribution in [3.8, 4) is 0 Å². The maximum Gasteiger partial charge on any atom is 0.355 e. The first-order valence-corrected chi connectivity index (χ1v) is 8.99. The smallest absolute Gasteiger partial charge is 0.355 e. The van der Waals surface area contributed by atoms with Crippen LogP contribution in [0.5, 0.6) is 0 Å². The molecule has 3 rings (SSSR count). The third-order valence-corrected chi connectivity index (χ3v) is 5.17. The largest absolute Gasteiger partial charge is 0.458 e. The molecule has 25 heavy (non-hydrogen) atoms. The van der Waals surface area contributed by atoms with Gasteiger partial charge in [-0.25, -0.2) is 4.79 Å². The molecule has 1 N–H and O–H groups in total. The number of esters is 1. The predicted octanol–water partition coefficient (Wildman–Crippen LogP) is 4.84. The molecule has 132 valence electrons. The lowest BCUT2D eigenvalue weighted by Gasteiger charge is -2.22. The number of H-pyrrole nitrogens is 1. The summed E-state index contributed by atoms with van der Waals surface area (Å²) in [4.78, 5) is 28.2. The minimum atomic E-state index is -0.392. The number of ketones is 1.